The Morgan fingerprint density at radius 1 is 1.17 bits per heavy atom. The van der Waals surface area contributed by atoms with E-state index in [-0.39, 0.29) is 29.6 Å². The Kier molecular flexibility index (Phi) is 4.73. The molecule has 30 heavy (non-hydrogen) atoms. The maximum Gasteiger partial charge on any atom is 0.257 e. The van der Waals surface area contributed by atoms with Crippen molar-refractivity contribution in [2.75, 3.05) is 13.1 Å². The number of nitrogens with zero attached hydrogens (tertiary/aromatic N) is 2. The number of benzene rings is 1. The fourth-order valence-corrected chi connectivity index (χ4v) is 5.14. The molecule has 3 fully saturated rings. The van der Waals surface area contributed by atoms with E-state index in [1.165, 1.54) is 12.1 Å². The number of alkyl halides is 1. The Hall–Kier alpha value is -2.54. The molecule has 3 atom stereocenters. The molecule has 0 bridgehead atoms. The van der Waals surface area contributed by atoms with E-state index in [2.05, 4.69) is 0 Å². The van der Waals surface area contributed by atoms with Crippen LogP contribution in [0.3, 0.4) is 0 Å². The van der Waals surface area contributed by atoms with Crippen molar-refractivity contribution < 1.29 is 23.1 Å². The van der Waals surface area contributed by atoms with Crippen molar-refractivity contribution in [3.05, 3.63) is 59.4 Å². The van der Waals surface area contributed by atoms with Gasteiger partial charge >= 0.3 is 0 Å². The molecule has 1 aromatic rings. The van der Waals surface area contributed by atoms with E-state index in [0.717, 1.165) is 18.4 Å². The molecule has 0 N–H and O–H groups in total. The third-order valence-corrected chi connectivity index (χ3v) is 6.71. The summed E-state index contributed by atoms with van der Waals surface area (Å²) < 4.78 is 34.1. The molecular formula is C23H24F2N2O3. The predicted octanol–water partition coefficient (Wildman–Crippen LogP) is 3.37. The first-order valence-corrected chi connectivity index (χ1v) is 10.6. The smallest absolute Gasteiger partial charge is 0.257 e. The zero-order chi connectivity index (χ0) is 20.9. The molecule has 1 spiro atoms. The van der Waals surface area contributed by atoms with Gasteiger partial charge < -0.3 is 14.5 Å². The van der Waals surface area contributed by atoms with E-state index < -0.39 is 17.6 Å². The molecule has 5 nitrogen and oxygen atoms in total. The predicted molar refractivity (Wildman–Crippen MR) is 106 cm³/mol. The lowest BCUT2D eigenvalue weighted by molar-refractivity contribution is -0.142. The van der Waals surface area contributed by atoms with Gasteiger partial charge in [-0.2, -0.15) is 0 Å². The molecule has 1 aliphatic carbocycles. The van der Waals surface area contributed by atoms with Crippen LogP contribution < -0.4 is 0 Å². The first-order chi connectivity index (χ1) is 14.5. The highest BCUT2D eigenvalue weighted by atomic mass is 19.1. The van der Waals surface area contributed by atoms with Crippen LogP contribution in [0.4, 0.5) is 8.78 Å². The lowest BCUT2D eigenvalue weighted by Crippen LogP contribution is -2.52. The van der Waals surface area contributed by atoms with Gasteiger partial charge in [-0.15, -0.1) is 0 Å². The van der Waals surface area contributed by atoms with Gasteiger partial charge in [-0.25, -0.2) is 8.78 Å². The number of carbonyl (C=O) groups excluding carboxylic acids is 2. The summed E-state index contributed by atoms with van der Waals surface area (Å²) in [6, 6.07) is 5.77. The molecule has 3 saturated heterocycles. The van der Waals surface area contributed by atoms with Gasteiger partial charge in [0.2, 0.25) is 0 Å². The average Bonchev–Trinajstić information content (AvgIpc) is 3.27. The highest BCUT2D eigenvalue weighted by molar-refractivity contribution is 5.95. The fourth-order valence-electron chi connectivity index (χ4n) is 5.14. The first kappa shape index (κ1) is 19.4. The minimum Gasteiger partial charge on any atom is -0.342 e. The number of amides is 2. The van der Waals surface area contributed by atoms with Crippen LogP contribution in [0.2, 0.25) is 0 Å². The van der Waals surface area contributed by atoms with Crippen LogP contribution in [0.25, 0.3) is 0 Å². The summed E-state index contributed by atoms with van der Waals surface area (Å²) in [5, 5.41) is 0. The maximum atomic E-state index is 14.0. The van der Waals surface area contributed by atoms with Gasteiger partial charge in [0.05, 0.1) is 11.6 Å². The standard InChI is InChI=1S/C23H24F2N2O3/c24-16-5-3-4-15(14-16)19-8-9-20-27(19)22(29)23(30-20)10-12-26(13-11-23)21(28)17-6-1-2-7-18(17)25/h1-4,6-7,14,16,19-20H,5,8-13H2/t16?,19-,20+/m0/s1. The molecule has 7 heteroatoms. The van der Waals surface area contributed by atoms with Crippen LogP contribution in [-0.4, -0.2) is 58.7 Å². The van der Waals surface area contributed by atoms with E-state index in [1.54, 1.807) is 28.0 Å². The number of rotatable bonds is 2. The number of ether oxygens (including phenoxy) is 1. The molecular weight excluding hydrogens is 390 g/mol. The van der Waals surface area contributed by atoms with Crippen molar-refractivity contribution in [2.24, 2.45) is 0 Å². The normalized spacial score (nSPS) is 30.0. The van der Waals surface area contributed by atoms with Crippen LogP contribution in [-0.2, 0) is 9.53 Å². The van der Waals surface area contributed by atoms with Crippen molar-refractivity contribution >= 4 is 11.8 Å². The Labute approximate surface area is 174 Å². The average molecular weight is 414 g/mol. The van der Waals surface area contributed by atoms with Crippen molar-refractivity contribution in [3.63, 3.8) is 0 Å². The minimum atomic E-state index is -1.01. The second-order valence-corrected chi connectivity index (χ2v) is 8.47. The highest BCUT2D eigenvalue weighted by Gasteiger charge is 2.58. The van der Waals surface area contributed by atoms with Gasteiger partial charge in [-0.1, -0.05) is 24.3 Å². The van der Waals surface area contributed by atoms with E-state index in [4.69, 9.17) is 4.74 Å². The summed E-state index contributed by atoms with van der Waals surface area (Å²) in [4.78, 5) is 29.4. The number of halogens is 2. The molecule has 158 valence electrons. The maximum absolute atomic E-state index is 14.0. The van der Waals surface area contributed by atoms with E-state index in [1.807, 2.05) is 12.2 Å². The summed E-state index contributed by atoms with van der Waals surface area (Å²) in [5.74, 6) is -0.971. The molecule has 1 aromatic carbocycles. The first-order valence-electron chi connectivity index (χ1n) is 10.6. The molecule has 5 rings (SSSR count). The highest BCUT2D eigenvalue weighted by Crippen LogP contribution is 2.45. The zero-order valence-corrected chi connectivity index (χ0v) is 16.6. The van der Waals surface area contributed by atoms with E-state index >= 15 is 0 Å². The van der Waals surface area contributed by atoms with Gasteiger partial charge in [-0.05, 0) is 36.6 Å². The van der Waals surface area contributed by atoms with Crippen molar-refractivity contribution in [1.82, 2.24) is 9.80 Å². The molecule has 3 aliphatic heterocycles. The molecule has 3 heterocycles. The van der Waals surface area contributed by atoms with E-state index in [0.29, 0.717) is 32.4 Å². The quantitative estimate of drug-likeness (QED) is 0.746. The number of hydrogen-bond acceptors (Lipinski definition) is 3. The molecule has 0 aromatic heterocycles. The Morgan fingerprint density at radius 2 is 1.93 bits per heavy atom. The zero-order valence-electron chi connectivity index (χ0n) is 16.6. The van der Waals surface area contributed by atoms with Crippen LogP contribution in [0.1, 0.15) is 42.5 Å². The van der Waals surface area contributed by atoms with Crippen LogP contribution >= 0.6 is 0 Å². The van der Waals surface area contributed by atoms with Gasteiger partial charge in [0.25, 0.3) is 11.8 Å². The Bertz CT molecular complexity index is 936. The fraction of sp³-hybridized carbons (Fsp3) is 0.478. The molecule has 0 saturated carbocycles. The minimum absolute atomic E-state index is 0.0459. The van der Waals surface area contributed by atoms with Crippen molar-refractivity contribution in [2.45, 2.75) is 56.1 Å². The van der Waals surface area contributed by atoms with Crippen LogP contribution in [0.5, 0.6) is 0 Å². The van der Waals surface area contributed by atoms with Gasteiger partial charge in [0.1, 0.15) is 18.2 Å². The lowest BCUT2D eigenvalue weighted by Gasteiger charge is -2.37. The van der Waals surface area contributed by atoms with Gasteiger partial charge in [-0.3, -0.25) is 9.59 Å². The summed E-state index contributed by atoms with van der Waals surface area (Å²) in [5.41, 5.74) is -0.0503. The Balaban J connectivity index is 1.30. The Morgan fingerprint density at radius 3 is 2.67 bits per heavy atom. The van der Waals surface area contributed by atoms with Crippen LogP contribution in [0.15, 0.2) is 48.1 Å². The third kappa shape index (κ3) is 3.07. The molecule has 2 amide bonds. The summed E-state index contributed by atoms with van der Waals surface area (Å²) >= 11 is 0. The number of hydrogen-bond donors (Lipinski definition) is 0. The SMILES string of the molecule is O=C(c1ccccc1F)N1CCC2(CC1)O[C@@H]1CC[C@@H](C3=CC(F)CC=C3)N1C2=O. The summed E-state index contributed by atoms with van der Waals surface area (Å²) in [7, 11) is 0. The lowest BCUT2D eigenvalue weighted by atomic mass is 9.89. The van der Waals surface area contributed by atoms with Crippen LogP contribution in [0, 0.1) is 5.82 Å². The van der Waals surface area contributed by atoms with Crippen molar-refractivity contribution in [1.29, 1.82) is 0 Å². The number of fused-ring (bicyclic) bond motifs is 1. The summed E-state index contributed by atoms with van der Waals surface area (Å²) in [6.45, 7) is 0.665. The summed E-state index contributed by atoms with van der Waals surface area (Å²) in [6.07, 6.45) is 6.65. The second-order valence-electron chi connectivity index (χ2n) is 8.47. The third-order valence-electron chi connectivity index (χ3n) is 6.71. The largest absolute Gasteiger partial charge is 0.342 e. The molecule has 0 radical (unpaired) electrons. The topological polar surface area (TPSA) is 49.9 Å². The van der Waals surface area contributed by atoms with Gasteiger partial charge in [0.15, 0.2) is 5.60 Å². The number of carbonyl (C=O) groups is 2. The number of allylic oxidation sites excluding steroid dienone is 2. The monoisotopic (exact) mass is 414 g/mol. The molecule has 4 aliphatic rings. The number of piperidine rings is 1. The van der Waals surface area contributed by atoms with Gasteiger partial charge in [0, 0.05) is 32.4 Å². The second kappa shape index (κ2) is 7.30. The van der Waals surface area contributed by atoms with E-state index in [9.17, 15) is 18.4 Å². The number of likely N-dealkylation sites (tertiary alicyclic amines) is 1. The van der Waals surface area contributed by atoms with Crippen molar-refractivity contribution in [3.8, 4) is 0 Å². The molecule has 1 unspecified atom stereocenters.